The van der Waals surface area contributed by atoms with E-state index >= 15 is 0 Å². The van der Waals surface area contributed by atoms with Gasteiger partial charge in [-0.1, -0.05) is 0 Å². The van der Waals surface area contributed by atoms with Crippen LogP contribution in [0.15, 0.2) is 0 Å². The van der Waals surface area contributed by atoms with Gasteiger partial charge in [0.1, 0.15) is 0 Å². The molecule has 0 aliphatic carbocycles. The lowest BCUT2D eigenvalue weighted by molar-refractivity contribution is 0.286. The molecule has 0 aromatic carbocycles. The van der Waals surface area contributed by atoms with Crippen molar-refractivity contribution in [1.29, 1.82) is 0 Å². The molecule has 0 aromatic rings. The highest BCUT2D eigenvalue weighted by Crippen LogP contribution is 1.78. The molecule has 0 spiro atoms. The molecule has 2 nitrogen and oxygen atoms in total. The van der Waals surface area contributed by atoms with Gasteiger partial charge in [0.05, 0.1) is 5.44 Å². The number of hydrogen-bond acceptors (Lipinski definition) is 4. The van der Waals surface area contributed by atoms with E-state index in [1.54, 1.807) is 6.92 Å². The lowest BCUT2D eigenvalue weighted by Crippen LogP contribution is -1.97. The van der Waals surface area contributed by atoms with Crippen LogP contribution in [0.5, 0.6) is 0 Å². The molecular weight excluding hydrogens is 142 g/mol. The van der Waals surface area contributed by atoms with Gasteiger partial charge in [0.25, 0.3) is 0 Å². The zero-order valence-corrected chi connectivity index (χ0v) is 6.70. The van der Waals surface area contributed by atoms with Crippen molar-refractivity contribution in [1.82, 2.24) is 0 Å². The molecule has 0 saturated carbocycles. The fourth-order valence-electron chi connectivity index (χ4n) is 0. The lowest BCUT2D eigenvalue weighted by atomic mass is 10.8. The molecule has 3 N–H and O–H groups in total. The van der Waals surface area contributed by atoms with E-state index in [4.69, 9.17) is 10.8 Å². The Kier molecular flexibility index (Phi) is 15.1. The van der Waals surface area contributed by atoms with Gasteiger partial charge in [-0.2, -0.15) is 12.6 Å². The normalized spacial score (nSPS) is 11.6. The van der Waals surface area contributed by atoms with Crippen LogP contribution in [0, 0.1) is 0 Å². The third kappa shape index (κ3) is 79.7. The van der Waals surface area contributed by atoms with Gasteiger partial charge in [-0.3, -0.25) is 0 Å². The second-order valence-electron chi connectivity index (χ2n) is 1.14. The third-order valence-electron chi connectivity index (χ3n) is 0.129. The van der Waals surface area contributed by atoms with E-state index in [0.29, 0.717) is 6.54 Å². The molecule has 4 heteroatoms. The van der Waals surface area contributed by atoms with Crippen LogP contribution in [0.3, 0.4) is 0 Å². The summed E-state index contributed by atoms with van der Waals surface area (Å²) in [6, 6.07) is 0. The molecule has 0 saturated heterocycles. The minimum atomic E-state index is -0.472. The highest BCUT2D eigenvalue weighted by molar-refractivity contribution is 7.80. The Morgan fingerprint density at radius 3 is 1.88 bits per heavy atom. The Hall–Kier alpha value is 0.620. The van der Waals surface area contributed by atoms with Gasteiger partial charge in [0.15, 0.2) is 0 Å². The molecule has 0 radical (unpaired) electrons. The van der Waals surface area contributed by atoms with Crippen molar-refractivity contribution in [3.63, 3.8) is 0 Å². The summed E-state index contributed by atoms with van der Waals surface area (Å²) in [4.78, 5) is 0. The van der Waals surface area contributed by atoms with E-state index in [-0.39, 0.29) is 0 Å². The molecule has 0 fully saturated rings. The Morgan fingerprint density at radius 1 is 1.75 bits per heavy atom. The molecule has 0 heterocycles. The molecule has 0 rings (SSSR count). The van der Waals surface area contributed by atoms with Crippen LogP contribution in [0.25, 0.3) is 0 Å². The van der Waals surface area contributed by atoms with Crippen molar-refractivity contribution in [2.24, 2.45) is 5.73 Å². The summed E-state index contributed by atoms with van der Waals surface area (Å²) >= 11 is 7.32. The summed E-state index contributed by atoms with van der Waals surface area (Å²) < 4.78 is 0. The highest BCUT2D eigenvalue weighted by Gasteiger charge is 1.70. The molecule has 0 aromatic heterocycles. The fourth-order valence-corrected chi connectivity index (χ4v) is 0. The van der Waals surface area contributed by atoms with E-state index in [2.05, 4.69) is 25.3 Å². The molecular formula is C4H13NOS2. The topological polar surface area (TPSA) is 46.2 Å². The number of rotatable bonds is 1. The molecule has 1 atom stereocenters. The maximum Gasteiger partial charge on any atom is 0.0936 e. The van der Waals surface area contributed by atoms with Crippen molar-refractivity contribution in [2.75, 3.05) is 12.3 Å². The maximum atomic E-state index is 7.92. The summed E-state index contributed by atoms with van der Waals surface area (Å²) in [7, 11) is 0. The Morgan fingerprint density at radius 2 is 1.88 bits per heavy atom. The summed E-state index contributed by atoms with van der Waals surface area (Å²) in [5, 5.41) is 7.92. The van der Waals surface area contributed by atoms with E-state index in [0.717, 1.165) is 5.75 Å². The van der Waals surface area contributed by atoms with Crippen LogP contribution in [-0.4, -0.2) is 22.8 Å². The van der Waals surface area contributed by atoms with Crippen LogP contribution < -0.4 is 5.73 Å². The number of hydrogen-bond donors (Lipinski definition) is 4. The number of thiol groups is 2. The molecule has 0 bridgehead atoms. The Labute approximate surface area is 61.3 Å². The zero-order valence-electron chi connectivity index (χ0n) is 4.91. The second-order valence-corrected chi connectivity index (χ2v) is 2.34. The predicted octanol–water partition coefficient (Wildman–Crippen LogP) is 0.129. The first-order valence-electron chi connectivity index (χ1n) is 2.32. The first kappa shape index (κ1) is 11.4. The van der Waals surface area contributed by atoms with Crippen molar-refractivity contribution in [2.45, 2.75) is 12.4 Å². The maximum absolute atomic E-state index is 7.92. The zero-order chi connectivity index (χ0) is 6.99. The van der Waals surface area contributed by atoms with Gasteiger partial charge in [0.2, 0.25) is 0 Å². The average molecular weight is 155 g/mol. The van der Waals surface area contributed by atoms with Gasteiger partial charge >= 0.3 is 0 Å². The van der Waals surface area contributed by atoms with E-state index in [9.17, 15) is 0 Å². The van der Waals surface area contributed by atoms with Crippen molar-refractivity contribution < 1.29 is 5.11 Å². The minimum Gasteiger partial charge on any atom is -0.383 e. The standard InChI is InChI=1S/C2H7NS.C2H6OS/c3-1-2-4;1-2(3)4/h4H,1-3H2;2-4H,1H3. The van der Waals surface area contributed by atoms with Gasteiger partial charge in [0, 0.05) is 12.3 Å². The van der Waals surface area contributed by atoms with Crippen molar-refractivity contribution in [3.8, 4) is 0 Å². The number of nitrogens with two attached hydrogens (primary N) is 1. The SMILES string of the molecule is CC(O)S.NCCS. The quantitative estimate of drug-likeness (QED) is 0.321. The van der Waals surface area contributed by atoms with Crippen molar-refractivity contribution >= 4 is 25.3 Å². The van der Waals surface area contributed by atoms with E-state index in [1.165, 1.54) is 0 Å². The number of aliphatic hydroxyl groups excluding tert-OH is 1. The lowest BCUT2D eigenvalue weighted by Gasteiger charge is -1.79. The van der Waals surface area contributed by atoms with Crippen LogP contribution >= 0.6 is 25.3 Å². The average Bonchev–Trinajstić information content (AvgIpc) is 1.65. The van der Waals surface area contributed by atoms with Gasteiger partial charge in [-0.15, -0.1) is 12.6 Å². The minimum absolute atomic E-state index is 0.472. The first-order chi connectivity index (χ1) is 3.65. The van der Waals surface area contributed by atoms with Crippen LogP contribution in [0.4, 0.5) is 0 Å². The Bertz CT molecular complexity index is 30.5. The van der Waals surface area contributed by atoms with Crippen LogP contribution in [0.2, 0.25) is 0 Å². The molecule has 1 unspecified atom stereocenters. The second kappa shape index (κ2) is 10.6. The predicted molar refractivity (Wildman–Crippen MR) is 43.6 cm³/mol. The van der Waals surface area contributed by atoms with E-state index < -0.39 is 5.44 Å². The smallest absolute Gasteiger partial charge is 0.0936 e. The molecule has 0 amide bonds. The third-order valence-corrected chi connectivity index (χ3v) is 0.387. The fraction of sp³-hybridized carbons (Fsp3) is 1.00. The van der Waals surface area contributed by atoms with Crippen LogP contribution in [0.1, 0.15) is 6.92 Å². The van der Waals surface area contributed by atoms with Gasteiger partial charge < -0.3 is 10.8 Å². The van der Waals surface area contributed by atoms with Gasteiger partial charge in [-0.25, -0.2) is 0 Å². The van der Waals surface area contributed by atoms with Crippen molar-refractivity contribution in [3.05, 3.63) is 0 Å². The van der Waals surface area contributed by atoms with Crippen LogP contribution in [-0.2, 0) is 0 Å². The largest absolute Gasteiger partial charge is 0.383 e. The molecule has 8 heavy (non-hydrogen) atoms. The highest BCUT2D eigenvalue weighted by atomic mass is 32.1. The summed E-state index contributed by atoms with van der Waals surface area (Å²) in [5.41, 5.74) is 4.48. The first-order valence-corrected chi connectivity index (χ1v) is 3.47. The number of aliphatic hydroxyl groups is 1. The Balaban J connectivity index is 0. The molecule has 0 aliphatic rings. The monoisotopic (exact) mass is 155 g/mol. The molecule has 0 aliphatic heterocycles. The van der Waals surface area contributed by atoms with Gasteiger partial charge in [-0.05, 0) is 6.92 Å². The summed E-state index contributed by atoms with van der Waals surface area (Å²) in [6.07, 6.45) is 0. The summed E-state index contributed by atoms with van der Waals surface area (Å²) in [5.74, 6) is 0.792. The van der Waals surface area contributed by atoms with E-state index in [1.807, 2.05) is 0 Å². The summed E-state index contributed by atoms with van der Waals surface area (Å²) in [6.45, 7) is 2.27. The molecule has 52 valence electrons.